The first-order chi connectivity index (χ1) is 17.9. The van der Waals surface area contributed by atoms with Gasteiger partial charge in [0.15, 0.2) is 0 Å². The standard InChI is InChI=1S/C29H28N4O4/c1-4-17-37-28-15-9-24(10-16-28)29(34)31-30-19-25-18-20(2)32(21(25)3)26-11-5-22(6-12-26)23-7-13-27(14-8-23)33(35)36/h5-16,18-19H,4,17H2,1-3H3,(H,31,34)/b30-19+. The maximum atomic E-state index is 12.4. The van der Waals surface area contributed by atoms with Crippen LogP contribution in [-0.4, -0.2) is 28.2 Å². The summed E-state index contributed by atoms with van der Waals surface area (Å²) in [5.74, 6) is 0.434. The minimum Gasteiger partial charge on any atom is -0.494 e. The third kappa shape index (κ3) is 5.92. The zero-order chi connectivity index (χ0) is 26.4. The predicted octanol–water partition coefficient (Wildman–Crippen LogP) is 6.22. The van der Waals surface area contributed by atoms with Gasteiger partial charge in [0.2, 0.25) is 0 Å². The summed E-state index contributed by atoms with van der Waals surface area (Å²) >= 11 is 0. The molecule has 0 aliphatic rings. The largest absolute Gasteiger partial charge is 0.494 e. The maximum Gasteiger partial charge on any atom is 0.271 e. The van der Waals surface area contributed by atoms with Crippen molar-refractivity contribution in [1.82, 2.24) is 9.99 Å². The smallest absolute Gasteiger partial charge is 0.271 e. The highest BCUT2D eigenvalue weighted by molar-refractivity contribution is 5.95. The van der Waals surface area contributed by atoms with Gasteiger partial charge in [0.25, 0.3) is 11.6 Å². The molecule has 37 heavy (non-hydrogen) atoms. The fourth-order valence-corrected chi connectivity index (χ4v) is 4.04. The lowest BCUT2D eigenvalue weighted by Gasteiger charge is -2.11. The number of nitro groups is 1. The number of carbonyl (C=O) groups is 1. The molecule has 0 unspecified atom stereocenters. The van der Waals surface area contributed by atoms with Crippen molar-refractivity contribution in [3.8, 4) is 22.6 Å². The summed E-state index contributed by atoms with van der Waals surface area (Å²) in [6, 6.07) is 23.5. The minimum absolute atomic E-state index is 0.0688. The summed E-state index contributed by atoms with van der Waals surface area (Å²) in [6.07, 6.45) is 2.56. The Labute approximate surface area is 215 Å². The van der Waals surface area contributed by atoms with E-state index in [4.69, 9.17) is 4.74 Å². The molecule has 0 saturated heterocycles. The van der Waals surface area contributed by atoms with Gasteiger partial charge in [-0.3, -0.25) is 14.9 Å². The van der Waals surface area contributed by atoms with Crippen LogP contribution in [-0.2, 0) is 0 Å². The molecule has 0 aliphatic heterocycles. The Bertz CT molecular complexity index is 1420. The van der Waals surface area contributed by atoms with Gasteiger partial charge in [-0.05, 0) is 86.0 Å². The number of nitrogens with one attached hydrogen (secondary N) is 1. The summed E-state index contributed by atoms with van der Waals surface area (Å²) in [5, 5.41) is 15.0. The van der Waals surface area contributed by atoms with E-state index in [0.29, 0.717) is 12.2 Å². The molecule has 0 saturated carbocycles. The second-order valence-electron chi connectivity index (χ2n) is 8.58. The molecule has 4 aromatic rings. The van der Waals surface area contributed by atoms with Gasteiger partial charge in [-0.15, -0.1) is 0 Å². The van der Waals surface area contributed by atoms with Crippen LogP contribution in [0.15, 0.2) is 84.0 Å². The van der Waals surface area contributed by atoms with E-state index in [0.717, 1.165) is 45.9 Å². The van der Waals surface area contributed by atoms with E-state index in [2.05, 4.69) is 15.1 Å². The molecule has 3 aromatic carbocycles. The summed E-state index contributed by atoms with van der Waals surface area (Å²) in [5.41, 5.74) is 8.90. The Hall–Kier alpha value is -4.72. The van der Waals surface area contributed by atoms with E-state index < -0.39 is 4.92 Å². The molecule has 188 valence electrons. The molecule has 8 nitrogen and oxygen atoms in total. The molecule has 0 atom stereocenters. The van der Waals surface area contributed by atoms with Crippen LogP contribution in [0, 0.1) is 24.0 Å². The number of amides is 1. The number of nitro benzene ring substituents is 1. The van der Waals surface area contributed by atoms with Crippen molar-refractivity contribution in [2.45, 2.75) is 27.2 Å². The van der Waals surface area contributed by atoms with Crippen LogP contribution in [0.25, 0.3) is 16.8 Å². The van der Waals surface area contributed by atoms with Gasteiger partial charge in [-0.25, -0.2) is 5.43 Å². The van der Waals surface area contributed by atoms with Gasteiger partial charge in [0.05, 0.1) is 17.7 Å². The SMILES string of the molecule is CCCOc1ccc(C(=O)N/N=C/c2cc(C)n(-c3ccc(-c4ccc([N+](=O)[O-])cc4)cc3)c2C)cc1. The molecule has 0 aliphatic carbocycles. The molecule has 0 spiro atoms. The molecular formula is C29H28N4O4. The molecule has 1 N–H and O–H groups in total. The second-order valence-corrected chi connectivity index (χ2v) is 8.58. The average molecular weight is 497 g/mol. The van der Waals surface area contributed by atoms with Gasteiger partial charge in [0.1, 0.15) is 5.75 Å². The van der Waals surface area contributed by atoms with E-state index in [-0.39, 0.29) is 11.6 Å². The van der Waals surface area contributed by atoms with Crippen LogP contribution >= 0.6 is 0 Å². The van der Waals surface area contributed by atoms with Crippen LogP contribution in [0.1, 0.15) is 40.7 Å². The van der Waals surface area contributed by atoms with Crippen LogP contribution < -0.4 is 10.2 Å². The maximum absolute atomic E-state index is 12.4. The number of benzene rings is 3. The molecule has 1 aromatic heterocycles. The van der Waals surface area contributed by atoms with Crippen molar-refractivity contribution in [2.75, 3.05) is 6.61 Å². The highest BCUT2D eigenvalue weighted by Gasteiger charge is 2.11. The summed E-state index contributed by atoms with van der Waals surface area (Å²) in [6.45, 7) is 6.68. The molecule has 8 heteroatoms. The third-order valence-electron chi connectivity index (χ3n) is 5.97. The average Bonchev–Trinajstić information content (AvgIpc) is 3.20. The predicted molar refractivity (Wildman–Crippen MR) is 145 cm³/mol. The number of hydrogen-bond acceptors (Lipinski definition) is 5. The van der Waals surface area contributed by atoms with Crippen LogP contribution in [0.2, 0.25) is 0 Å². The number of non-ortho nitro benzene ring substituents is 1. The first kappa shape index (κ1) is 25.4. The first-order valence-electron chi connectivity index (χ1n) is 12.0. The van der Waals surface area contributed by atoms with Crippen LogP contribution in [0.3, 0.4) is 0 Å². The number of ether oxygens (including phenoxy) is 1. The molecule has 1 heterocycles. The van der Waals surface area contributed by atoms with E-state index in [1.165, 1.54) is 12.1 Å². The van der Waals surface area contributed by atoms with Crippen LogP contribution in [0.5, 0.6) is 5.75 Å². The number of aryl methyl sites for hydroxylation is 1. The number of nitrogens with zero attached hydrogens (tertiary/aromatic N) is 3. The minimum atomic E-state index is -0.405. The second kappa shape index (κ2) is 11.3. The normalized spacial score (nSPS) is 11.0. The lowest BCUT2D eigenvalue weighted by Crippen LogP contribution is -2.17. The Kier molecular flexibility index (Phi) is 7.78. The van der Waals surface area contributed by atoms with Gasteiger partial charge >= 0.3 is 0 Å². The van der Waals surface area contributed by atoms with Gasteiger partial charge in [-0.1, -0.05) is 19.1 Å². The van der Waals surface area contributed by atoms with Crippen molar-refractivity contribution in [2.24, 2.45) is 5.10 Å². The fraction of sp³-hybridized carbons (Fsp3) is 0.172. The van der Waals surface area contributed by atoms with Gasteiger partial charge in [0, 0.05) is 40.3 Å². The number of aromatic nitrogens is 1. The zero-order valence-corrected chi connectivity index (χ0v) is 21.0. The van der Waals surface area contributed by atoms with Crippen molar-refractivity contribution in [1.29, 1.82) is 0 Å². The zero-order valence-electron chi connectivity index (χ0n) is 21.0. The van der Waals surface area contributed by atoms with Crippen molar-refractivity contribution in [3.63, 3.8) is 0 Å². The summed E-state index contributed by atoms with van der Waals surface area (Å²) in [4.78, 5) is 22.9. The number of rotatable bonds is 9. The Morgan fingerprint density at radius 1 is 1.00 bits per heavy atom. The van der Waals surface area contributed by atoms with Crippen molar-refractivity contribution >= 4 is 17.8 Å². The van der Waals surface area contributed by atoms with Gasteiger partial charge in [-0.2, -0.15) is 5.10 Å². The number of carbonyl (C=O) groups excluding carboxylic acids is 1. The van der Waals surface area contributed by atoms with E-state index >= 15 is 0 Å². The number of hydrogen-bond donors (Lipinski definition) is 1. The van der Waals surface area contributed by atoms with Crippen LogP contribution in [0.4, 0.5) is 5.69 Å². The Morgan fingerprint density at radius 2 is 1.62 bits per heavy atom. The first-order valence-corrected chi connectivity index (χ1v) is 12.0. The van der Waals surface area contributed by atoms with E-state index in [1.54, 1.807) is 42.6 Å². The van der Waals surface area contributed by atoms with Crippen molar-refractivity contribution < 1.29 is 14.5 Å². The molecule has 1 amide bonds. The highest BCUT2D eigenvalue weighted by atomic mass is 16.6. The monoisotopic (exact) mass is 496 g/mol. The molecule has 0 fully saturated rings. The fourth-order valence-electron chi connectivity index (χ4n) is 4.04. The number of hydrazone groups is 1. The third-order valence-corrected chi connectivity index (χ3v) is 5.97. The van der Waals surface area contributed by atoms with E-state index in [9.17, 15) is 14.9 Å². The Balaban J connectivity index is 1.44. The highest BCUT2D eigenvalue weighted by Crippen LogP contribution is 2.26. The topological polar surface area (TPSA) is 98.8 Å². The quantitative estimate of drug-likeness (QED) is 0.169. The van der Waals surface area contributed by atoms with E-state index in [1.807, 2.05) is 51.1 Å². The van der Waals surface area contributed by atoms with Crippen molar-refractivity contribution in [3.05, 3.63) is 111 Å². The molecular weight excluding hydrogens is 468 g/mol. The lowest BCUT2D eigenvalue weighted by molar-refractivity contribution is -0.384. The summed E-state index contributed by atoms with van der Waals surface area (Å²) < 4.78 is 7.66. The molecule has 4 rings (SSSR count). The lowest BCUT2D eigenvalue weighted by atomic mass is 10.0. The molecule has 0 bridgehead atoms. The molecule has 0 radical (unpaired) electrons. The Morgan fingerprint density at radius 3 is 2.22 bits per heavy atom. The summed E-state index contributed by atoms with van der Waals surface area (Å²) in [7, 11) is 0. The van der Waals surface area contributed by atoms with Gasteiger partial charge < -0.3 is 9.30 Å².